The van der Waals surface area contributed by atoms with Crippen LogP contribution < -0.4 is 10.6 Å². The number of nitrogens with one attached hydrogen (secondary N) is 2. The molecule has 0 aliphatic carbocycles. The summed E-state index contributed by atoms with van der Waals surface area (Å²) in [5.41, 5.74) is 0.190. The predicted molar refractivity (Wildman–Crippen MR) is 95.0 cm³/mol. The second kappa shape index (κ2) is 8.11. The Bertz CT molecular complexity index is 903. The maximum atomic E-state index is 12.5. The van der Waals surface area contributed by atoms with Gasteiger partial charge in [-0.05, 0) is 25.1 Å². The fraction of sp³-hybridized carbons (Fsp3) is 0.312. The molecule has 2 rings (SSSR count). The Morgan fingerprint density at radius 2 is 1.77 bits per heavy atom. The number of sulfonamides is 1. The second-order valence-corrected chi connectivity index (χ2v) is 7.29. The van der Waals surface area contributed by atoms with Crippen LogP contribution in [0.2, 0.25) is 0 Å². The zero-order valence-corrected chi connectivity index (χ0v) is 15.5. The normalized spacial score (nSPS) is 11.4. The number of amides is 2. The Labute approximate surface area is 151 Å². The molecule has 0 saturated heterocycles. The number of nitrogens with zero attached hydrogens (tertiary/aromatic N) is 2. The lowest BCUT2D eigenvalue weighted by molar-refractivity contribution is -0.133. The number of hydrogen-bond acceptors (Lipinski definition) is 6. The van der Waals surface area contributed by atoms with Gasteiger partial charge in [0, 0.05) is 24.8 Å². The molecule has 0 unspecified atom stereocenters. The first-order chi connectivity index (χ1) is 12.3. The van der Waals surface area contributed by atoms with Crippen molar-refractivity contribution >= 4 is 33.3 Å². The van der Waals surface area contributed by atoms with Gasteiger partial charge in [0.15, 0.2) is 5.82 Å². The summed E-state index contributed by atoms with van der Waals surface area (Å²) in [5.74, 6) is -1.31. The van der Waals surface area contributed by atoms with Crippen LogP contribution in [0.1, 0.15) is 19.6 Å². The van der Waals surface area contributed by atoms with E-state index in [1.807, 2.05) is 0 Å². The number of aromatic nitrogens is 1. The molecule has 26 heavy (non-hydrogen) atoms. The van der Waals surface area contributed by atoms with E-state index in [2.05, 4.69) is 15.8 Å². The second-order valence-electron chi connectivity index (χ2n) is 5.35. The van der Waals surface area contributed by atoms with E-state index in [1.165, 1.54) is 34.6 Å². The van der Waals surface area contributed by atoms with Crippen LogP contribution in [0, 0.1) is 6.92 Å². The maximum absolute atomic E-state index is 12.5. The molecule has 0 saturated carbocycles. The van der Waals surface area contributed by atoms with Gasteiger partial charge in [-0.1, -0.05) is 25.1 Å². The molecule has 0 aliphatic rings. The summed E-state index contributed by atoms with van der Waals surface area (Å²) in [6, 6.07) is 7.18. The van der Waals surface area contributed by atoms with Crippen molar-refractivity contribution in [2.45, 2.75) is 25.7 Å². The summed E-state index contributed by atoms with van der Waals surface area (Å²) in [6.07, 6.45) is 0. The summed E-state index contributed by atoms with van der Waals surface area (Å²) in [6.45, 7) is 5.78. The van der Waals surface area contributed by atoms with E-state index in [4.69, 9.17) is 4.52 Å². The monoisotopic (exact) mass is 380 g/mol. The standard InChI is InChI=1S/C16H20N4O5S/c1-4-20(5-2)26(23,24)13-8-6-7-12(10-13)17-15(21)16(22)18-14-9-11(3)25-19-14/h6-10H,4-5H2,1-3H3,(H,17,21)(H,18,19,22). The van der Waals surface area contributed by atoms with Crippen LogP contribution in [-0.4, -0.2) is 42.8 Å². The zero-order chi connectivity index (χ0) is 19.3. The van der Waals surface area contributed by atoms with Gasteiger partial charge in [-0.15, -0.1) is 0 Å². The fourth-order valence-corrected chi connectivity index (χ4v) is 3.74. The molecule has 0 atom stereocenters. The molecular weight excluding hydrogens is 360 g/mol. The highest BCUT2D eigenvalue weighted by Crippen LogP contribution is 2.19. The minimum Gasteiger partial charge on any atom is -0.360 e. The van der Waals surface area contributed by atoms with Crippen molar-refractivity contribution in [3.63, 3.8) is 0 Å². The highest BCUT2D eigenvalue weighted by atomic mass is 32.2. The number of aryl methyl sites for hydroxylation is 1. The smallest absolute Gasteiger partial charge is 0.315 e. The largest absolute Gasteiger partial charge is 0.360 e. The Balaban J connectivity index is 2.12. The Kier molecular flexibility index (Phi) is 6.11. The van der Waals surface area contributed by atoms with Crippen molar-refractivity contribution in [3.05, 3.63) is 36.1 Å². The topological polar surface area (TPSA) is 122 Å². The van der Waals surface area contributed by atoms with E-state index in [0.29, 0.717) is 18.8 Å². The van der Waals surface area contributed by atoms with Crippen LogP contribution in [0.5, 0.6) is 0 Å². The lowest BCUT2D eigenvalue weighted by Gasteiger charge is -2.18. The Morgan fingerprint density at radius 3 is 2.35 bits per heavy atom. The molecule has 2 amide bonds. The number of carbonyl (C=O) groups is 2. The van der Waals surface area contributed by atoms with Gasteiger partial charge < -0.3 is 9.84 Å². The summed E-state index contributed by atoms with van der Waals surface area (Å²) < 4.78 is 31.1. The van der Waals surface area contributed by atoms with E-state index in [-0.39, 0.29) is 16.4 Å². The van der Waals surface area contributed by atoms with Crippen molar-refractivity contribution in [2.24, 2.45) is 0 Å². The van der Waals surface area contributed by atoms with Gasteiger partial charge in [0.25, 0.3) is 0 Å². The summed E-state index contributed by atoms with van der Waals surface area (Å²) in [5, 5.41) is 8.20. The van der Waals surface area contributed by atoms with Gasteiger partial charge in [-0.2, -0.15) is 4.31 Å². The molecule has 9 nitrogen and oxygen atoms in total. The quantitative estimate of drug-likeness (QED) is 0.734. The molecule has 140 valence electrons. The maximum Gasteiger partial charge on any atom is 0.315 e. The van der Waals surface area contributed by atoms with E-state index in [1.54, 1.807) is 20.8 Å². The van der Waals surface area contributed by atoms with Crippen LogP contribution >= 0.6 is 0 Å². The number of benzene rings is 1. The van der Waals surface area contributed by atoms with Crippen molar-refractivity contribution in [2.75, 3.05) is 23.7 Å². The van der Waals surface area contributed by atoms with Gasteiger partial charge in [-0.25, -0.2) is 8.42 Å². The summed E-state index contributed by atoms with van der Waals surface area (Å²) in [7, 11) is -3.67. The average Bonchev–Trinajstić information content (AvgIpc) is 3.00. The zero-order valence-electron chi connectivity index (χ0n) is 14.6. The molecule has 1 heterocycles. The number of carbonyl (C=O) groups excluding carboxylic acids is 2. The average molecular weight is 380 g/mol. The first-order valence-corrected chi connectivity index (χ1v) is 9.37. The molecule has 0 aliphatic heterocycles. The van der Waals surface area contributed by atoms with Crippen molar-refractivity contribution in [3.8, 4) is 0 Å². The minimum atomic E-state index is -3.67. The lowest BCUT2D eigenvalue weighted by Crippen LogP contribution is -2.31. The number of rotatable bonds is 6. The molecule has 2 aromatic rings. The Hall–Kier alpha value is -2.72. The van der Waals surface area contributed by atoms with Crippen LogP contribution in [0.3, 0.4) is 0 Å². The molecule has 0 fully saturated rings. The summed E-state index contributed by atoms with van der Waals surface area (Å²) >= 11 is 0. The molecule has 0 bridgehead atoms. The SMILES string of the molecule is CCN(CC)S(=O)(=O)c1cccc(NC(=O)C(=O)Nc2cc(C)on2)c1. The first-order valence-electron chi connectivity index (χ1n) is 7.93. The van der Waals surface area contributed by atoms with Crippen LogP contribution in [0.15, 0.2) is 39.8 Å². The van der Waals surface area contributed by atoms with Gasteiger partial charge in [0.1, 0.15) is 5.76 Å². The van der Waals surface area contributed by atoms with E-state index >= 15 is 0 Å². The third-order valence-corrected chi connectivity index (χ3v) is 5.56. The minimum absolute atomic E-state index is 0.0338. The van der Waals surface area contributed by atoms with Crippen molar-refractivity contribution in [1.82, 2.24) is 9.46 Å². The highest BCUT2D eigenvalue weighted by Gasteiger charge is 2.22. The number of hydrogen-bond donors (Lipinski definition) is 2. The van der Waals surface area contributed by atoms with Crippen molar-refractivity contribution in [1.29, 1.82) is 0 Å². The third-order valence-electron chi connectivity index (χ3n) is 3.51. The molecular formula is C16H20N4O5S. The summed E-state index contributed by atoms with van der Waals surface area (Å²) in [4.78, 5) is 23.9. The Morgan fingerprint density at radius 1 is 1.12 bits per heavy atom. The third kappa shape index (κ3) is 4.46. The molecule has 0 spiro atoms. The van der Waals surface area contributed by atoms with E-state index in [0.717, 1.165) is 0 Å². The van der Waals surface area contributed by atoms with Gasteiger partial charge in [0.2, 0.25) is 10.0 Å². The van der Waals surface area contributed by atoms with Gasteiger partial charge in [-0.3, -0.25) is 14.9 Å². The predicted octanol–water partition coefficient (Wildman–Crippen LogP) is 1.59. The van der Waals surface area contributed by atoms with E-state index in [9.17, 15) is 18.0 Å². The van der Waals surface area contributed by atoms with Crippen molar-refractivity contribution < 1.29 is 22.5 Å². The van der Waals surface area contributed by atoms with E-state index < -0.39 is 21.8 Å². The lowest BCUT2D eigenvalue weighted by atomic mass is 10.3. The molecule has 2 N–H and O–H groups in total. The van der Waals surface area contributed by atoms with Crippen LogP contribution in [-0.2, 0) is 19.6 Å². The first kappa shape index (κ1) is 19.6. The van der Waals surface area contributed by atoms with Gasteiger partial charge in [0.05, 0.1) is 4.90 Å². The van der Waals surface area contributed by atoms with Crippen LogP contribution in [0.25, 0.3) is 0 Å². The molecule has 0 radical (unpaired) electrons. The van der Waals surface area contributed by atoms with Gasteiger partial charge >= 0.3 is 11.8 Å². The number of anilines is 2. The highest BCUT2D eigenvalue weighted by molar-refractivity contribution is 7.89. The molecule has 1 aromatic carbocycles. The molecule has 1 aromatic heterocycles. The van der Waals surface area contributed by atoms with Crippen LogP contribution in [0.4, 0.5) is 11.5 Å². The molecule has 10 heteroatoms. The fourth-order valence-electron chi connectivity index (χ4n) is 2.23.